The van der Waals surface area contributed by atoms with Gasteiger partial charge in [-0.15, -0.1) is 0 Å². The zero-order valence-corrected chi connectivity index (χ0v) is 13.0. The first-order valence-electron chi connectivity index (χ1n) is 7.79. The van der Waals surface area contributed by atoms with E-state index in [-0.39, 0.29) is 18.1 Å². The van der Waals surface area contributed by atoms with Crippen LogP contribution in [0.2, 0.25) is 0 Å². The number of hydrogen-bond donors (Lipinski definition) is 3. The number of para-hydroxylation sites is 1. The minimum atomic E-state index is -0.147. The van der Waals surface area contributed by atoms with Gasteiger partial charge in [0.15, 0.2) is 0 Å². The van der Waals surface area contributed by atoms with E-state index in [4.69, 9.17) is 5.11 Å². The summed E-state index contributed by atoms with van der Waals surface area (Å²) in [6, 6.07) is 7.61. The van der Waals surface area contributed by atoms with E-state index in [0.29, 0.717) is 12.5 Å². The van der Waals surface area contributed by atoms with Gasteiger partial charge < -0.3 is 15.7 Å². The second kappa shape index (κ2) is 6.94. The van der Waals surface area contributed by atoms with Crippen molar-refractivity contribution < 1.29 is 9.90 Å². The van der Waals surface area contributed by atoms with Gasteiger partial charge in [-0.25, -0.2) is 4.79 Å². The quantitative estimate of drug-likeness (QED) is 0.752. The summed E-state index contributed by atoms with van der Waals surface area (Å²) in [5.74, 6) is 0.440. The van der Waals surface area contributed by atoms with E-state index in [1.165, 1.54) is 6.42 Å². The van der Waals surface area contributed by atoms with Crippen LogP contribution in [-0.2, 0) is 0 Å². The normalized spacial score (nSPS) is 17.7. The van der Waals surface area contributed by atoms with Gasteiger partial charge in [0.05, 0.1) is 0 Å². The number of carbonyl (C=O) groups is 1. The van der Waals surface area contributed by atoms with Gasteiger partial charge in [-0.05, 0) is 49.1 Å². The fourth-order valence-corrected chi connectivity index (χ4v) is 3.11. The minimum Gasteiger partial charge on any atom is -0.396 e. The number of nitrogens with one attached hydrogen (secondary N) is 2. The molecule has 4 heteroatoms. The summed E-state index contributed by atoms with van der Waals surface area (Å²) >= 11 is 0. The molecule has 0 aliphatic heterocycles. The number of benzene rings is 1. The second-order valence-electron chi connectivity index (χ2n) is 6.25. The average molecular weight is 290 g/mol. The molecule has 0 unspecified atom stereocenters. The maximum Gasteiger partial charge on any atom is 0.319 e. The van der Waals surface area contributed by atoms with E-state index in [0.717, 1.165) is 30.5 Å². The van der Waals surface area contributed by atoms with Crippen molar-refractivity contribution in [2.45, 2.75) is 39.5 Å². The van der Waals surface area contributed by atoms with E-state index in [1.807, 2.05) is 31.2 Å². The summed E-state index contributed by atoms with van der Waals surface area (Å²) in [5, 5.41) is 15.0. The Morgan fingerprint density at radius 3 is 2.67 bits per heavy atom. The average Bonchev–Trinajstić information content (AvgIpc) is 2.40. The van der Waals surface area contributed by atoms with Crippen molar-refractivity contribution in [2.24, 2.45) is 11.3 Å². The van der Waals surface area contributed by atoms with Gasteiger partial charge in [0.25, 0.3) is 0 Å². The number of hydrogen-bond acceptors (Lipinski definition) is 2. The van der Waals surface area contributed by atoms with E-state index < -0.39 is 0 Å². The summed E-state index contributed by atoms with van der Waals surface area (Å²) in [7, 11) is 0. The summed E-state index contributed by atoms with van der Waals surface area (Å²) in [5.41, 5.74) is 2.08. The van der Waals surface area contributed by atoms with Crippen molar-refractivity contribution in [3.63, 3.8) is 0 Å². The number of aryl methyl sites for hydroxylation is 1. The van der Waals surface area contributed by atoms with Crippen LogP contribution in [0.3, 0.4) is 0 Å². The molecule has 4 nitrogen and oxygen atoms in total. The molecule has 1 aliphatic rings. The Kier molecular flexibility index (Phi) is 5.23. The Morgan fingerprint density at radius 1 is 1.38 bits per heavy atom. The van der Waals surface area contributed by atoms with Crippen LogP contribution in [0, 0.1) is 18.3 Å². The zero-order chi connectivity index (χ0) is 15.3. The van der Waals surface area contributed by atoms with Gasteiger partial charge in [-0.1, -0.05) is 31.5 Å². The molecular formula is C17H26N2O2. The molecule has 2 rings (SSSR count). The number of amides is 2. The maximum atomic E-state index is 12.1. The summed E-state index contributed by atoms with van der Waals surface area (Å²) in [4.78, 5) is 12.1. The van der Waals surface area contributed by atoms with Crippen LogP contribution >= 0.6 is 0 Å². The van der Waals surface area contributed by atoms with Crippen molar-refractivity contribution in [3.05, 3.63) is 29.8 Å². The molecule has 0 heterocycles. The first kappa shape index (κ1) is 15.8. The predicted molar refractivity (Wildman–Crippen MR) is 85.4 cm³/mol. The lowest BCUT2D eigenvalue weighted by Crippen LogP contribution is -2.47. The van der Waals surface area contributed by atoms with Gasteiger partial charge >= 0.3 is 6.03 Å². The Bertz CT molecular complexity index is 483. The molecule has 2 amide bonds. The van der Waals surface area contributed by atoms with Crippen LogP contribution in [-0.4, -0.2) is 24.3 Å². The van der Waals surface area contributed by atoms with Crippen molar-refractivity contribution in [1.82, 2.24) is 5.32 Å². The van der Waals surface area contributed by atoms with E-state index in [9.17, 15) is 4.79 Å². The zero-order valence-electron chi connectivity index (χ0n) is 13.0. The Hall–Kier alpha value is -1.55. The molecule has 0 radical (unpaired) electrons. The maximum absolute atomic E-state index is 12.1. The number of urea groups is 1. The molecule has 0 spiro atoms. The third-order valence-electron chi connectivity index (χ3n) is 4.95. The molecule has 1 fully saturated rings. The third-order valence-corrected chi connectivity index (χ3v) is 4.95. The number of carbonyl (C=O) groups excluding carboxylic acids is 1. The van der Waals surface area contributed by atoms with Crippen molar-refractivity contribution >= 4 is 11.7 Å². The standard InChI is InChI=1S/C17H26N2O2/c1-13-6-3-4-7-15(13)19-16(21)18-12-17(9-5-10-17)14(2)8-11-20/h3-4,6-7,14,20H,5,8-12H2,1-2H3,(H2,18,19,21)/t14-/m0/s1. The fraction of sp³-hybridized carbons (Fsp3) is 0.588. The molecule has 1 aromatic rings. The van der Waals surface area contributed by atoms with Gasteiger partial charge in [-0.2, -0.15) is 0 Å². The molecule has 1 aliphatic carbocycles. The van der Waals surface area contributed by atoms with Crippen molar-refractivity contribution in [2.75, 3.05) is 18.5 Å². The smallest absolute Gasteiger partial charge is 0.319 e. The molecule has 0 bridgehead atoms. The lowest BCUT2D eigenvalue weighted by atomic mass is 9.60. The topological polar surface area (TPSA) is 61.4 Å². The first-order chi connectivity index (χ1) is 10.1. The van der Waals surface area contributed by atoms with E-state index in [1.54, 1.807) is 0 Å². The largest absolute Gasteiger partial charge is 0.396 e. The molecule has 1 aromatic carbocycles. The fourth-order valence-electron chi connectivity index (χ4n) is 3.11. The van der Waals surface area contributed by atoms with Crippen molar-refractivity contribution in [3.8, 4) is 0 Å². The van der Waals surface area contributed by atoms with Crippen LogP contribution < -0.4 is 10.6 Å². The van der Waals surface area contributed by atoms with E-state index >= 15 is 0 Å². The highest BCUT2D eigenvalue weighted by Crippen LogP contribution is 2.47. The Balaban J connectivity index is 1.87. The summed E-state index contributed by atoms with van der Waals surface area (Å²) < 4.78 is 0. The highest BCUT2D eigenvalue weighted by Gasteiger charge is 2.41. The predicted octanol–water partition coefficient (Wildman–Crippen LogP) is 3.31. The molecule has 116 valence electrons. The highest BCUT2D eigenvalue weighted by atomic mass is 16.3. The molecule has 1 atom stereocenters. The van der Waals surface area contributed by atoms with Gasteiger partial charge in [0.1, 0.15) is 0 Å². The number of anilines is 1. The van der Waals surface area contributed by atoms with Crippen LogP contribution in [0.4, 0.5) is 10.5 Å². The van der Waals surface area contributed by atoms with Gasteiger partial charge in [0, 0.05) is 18.8 Å². The summed E-state index contributed by atoms with van der Waals surface area (Å²) in [6.45, 7) is 5.06. The molecule has 1 saturated carbocycles. The first-order valence-corrected chi connectivity index (χ1v) is 7.79. The van der Waals surface area contributed by atoms with Crippen molar-refractivity contribution in [1.29, 1.82) is 0 Å². The number of rotatable bonds is 6. The van der Waals surface area contributed by atoms with Gasteiger partial charge in [0.2, 0.25) is 0 Å². The molecule has 0 aromatic heterocycles. The number of aliphatic hydroxyl groups excluding tert-OH is 1. The van der Waals surface area contributed by atoms with Crippen LogP contribution in [0.25, 0.3) is 0 Å². The molecule has 3 N–H and O–H groups in total. The lowest BCUT2D eigenvalue weighted by molar-refractivity contribution is 0.0462. The SMILES string of the molecule is Cc1ccccc1NC(=O)NCC1([C@@H](C)CCO)CCC1. The highest BCUT2D eigenvalue weighted by molar-refractivity contribution is 5.90. The number of aliphatic hydroxyl groups is 1. The second-order valence-corrected chi connectivity index (χ2v) is 6.25. The van der Waals surface area contributed by atoms with Crippen LogP contribution in [0.15, 0.2) is 24.3 Å². The molecular weight excluding hydrogens is 264 g/mol. The lowest BCUT2D eigenvalue weighted by Gasteiger charge is -2.46. The van der Waals surface area contributed by atoms with E-state index in [2.05, 4.69) is 17.6 Å². The van der Waals surface area contributed by atoms with Crippen LogP contribution in [0.5, 0.6) is 0 Å². The molecule has 21 heavy (non-hydrogen) atoms. The Labute approximate surface area is 126 Å². The monoisotopic (exact) mass is 290 g/mol. The van der Waals surface area contributed by atoms with Gasteiger partial charge in [-0.3, -0.25) is 0 Å². The molecule has 0 saturated heterocycles. The Morgan fingerprint density at radius 2 is 2.10 bits per heavy atom. The third kappa shape index (κ3) is 3.76. The van der Waals surface area contributed by atoms with Crippen LogP contribution in [0.1, 0.15) is 38.2 Å². The summed E-state index contributed by atoms with van der Waals surface area (Å²) in [6.07, 6.45) is 4.30. The minimum absolute atomic E-state index is 0.147.